The van der Waals surface area contributed by atoms with Gasteiger partial charge in [0.15, 0.2) is 0 Å². The van der Waals surface area contributed by atoms with Crippen LogP contribution in [-0.2, 0) is 19.5 Å². The number of nitrogens with two attached hydrogens (primary N) is 1. The lowest BCUT2D eigenvalue weighted by molar-refractivity contribution is 0.00606. The molecule has 0 radical (unpaired) electrons. The summed E-state index contributed by atoms with van der Waals surface area (Å²) in [5.41, 5.74) is 7.21. The van der Waals surface area contributed by atoms with E-state index in [9.17, 15) is 5.11 Å². The van der Waals surface area contributed by atoms with Gasteiger partial charge in [-0.25, -0.2) is 4.98 Å². The van der Waals surface area contributed by atoms with E-state index in [1.165, 1.54) is 5.69 Å². The van der Waals surface area contributed by atoms with Gasteiger partial charge < -0.3 is 15.4 Å². The van der Waals surface area contributed by atoms with Crippen molar-refractivity contribution in [1.82, 2.24) is 9.55 Å². The van der Waals surface area contributed by atoms with Crippen LogP contribution in [-0.4, -0.2) is 20.3 Å². The van der Waals surface area contributed by atoms with Crippen LogP contribution in [0.3, 0.4) is 0 Å². The predicted molar refractivity (Wildman–Crippen MR) is 58.2 cm³/mol. The van der Waals surface area contributed by atoms with E-state index < -0.39 is 5.60 Å². The molecule has 0 spiro atoms. The molecule has 84 valence electrons. The van der Waals surface area contributed by atoms with Gasteiger partial charge in [0, 0.05) is 18.8 Å². The largest absolute Gasteiger partial charge is 0.390 e. The third-order valence-corrected chi connectivity index (χ3v) is 3.38. The molecule has 1 unspecified atom stereocenters. The lowest BCUT2D eigenvalue weighted by Crippen LogP contribution is -2.36. The number of hydrogen-bond acceptors (Lipinski definition) is 3. The normalized spacial score (nSPS) is 21.5. The fraction of sp³-hybridized carbons (Fsp3) is 0.727. The van der Waals surface area contributed by atoms with Crippen LogP contribution in [0.25, 0.3) is 0 Å². The van der Waals surface area contributed by atoms with Crippen LogP contribution in [0.2, 0.25) is 0 Å². The fourth-order valence-corrected chi connectivity index (χ4v) is 2.28. The van der Waals surface area contributed by atoms with Gasteiger partial charge in [0.2, 0.25) is 0 Å². The summed E-state index contributed by atoms with van der Waals surface area (Å²) in [4.78, 5) is 4.29. The van der Waals surface area contributed by atoms with Crippen molar-refractivity contribution >= 4 is 0 Å². The quantitative estimate of drug-likeness (QED) is 0.752. The van der Waals surface area contributed by atoms with Gasteiger partial charge in [0.25, 0.3) is 0 Å². The number of rotatable bonds is 2. The summed E-state index contributed by atoms with van der Waals surface area (Å²) in [6, 6.07) is 0. The van der Waals surface area contributed by atoms with Crippen LogP contribution in [0.15, 0.2) is 6.33 Å². The van der Waals surface area contributed by atoms with Crippen molar-refractivity contribution in [2.75, 3.05) is 0 Å². The Kier molecular flexibility index (Phi) is 2.56. The van der Waals surface area contributed by atoms with Gasteiger partial charge in [0.05, 0.1) is 17.6 Å². The maximum Gasteiger partial charge on any atom is 0.0952 e. The zero-order valence-electron chi connectivity index (χ0n) is 9.40. The highest BCUT2D eigenvalue weighted by molar-refractivity contribution is 5.16. The number of hydrogen-bond donors (Lipinski definition) is 2. The van der Waals surface area contributed by atoms with Gasteiger partial charge in [-0.15, -0.1) is 0 Å². The predicted octanol–water partition coefficient (Wildman–Crippen LogP) is 0.675. The third kappa shape index (κ3) is 1.92. The highest BCUT2D eigenvalue weighted by Gasteiger charge is 2.31. The van der Waals surface area contributed by atoms with E-state index in [0.717, 1.165) is 25.1 Å². The Morgan fingerprint density at radius 2 is 2.40 bits per heavy atom. The number of imidazole rings is 1. The summed E-state index contributed by atoms with van der Waals surface area (Å²) in [5.74, 6) is 0.312. The zero-order valence-corrected chi connectivity index (χ0v) is 9.40. The van der Waals surface area contributed by atoms with Crippen molar-refractivity contribution in [3.63, 3.8) is 0 Å². The number of nitrogens with zero attached hydrogens (tertiary/aromatic N) is 2. The number of fused-ring (bicyclic) bond motifs is 1. The molecule has 1 aliphatic heterocycles. The van der Waals surface area contributed by atoms with Crippen LogP contribution in [0.5, 0.6) is 0 Å². The molecule has 0 saturated carbocycles. The molecular formula is C11H19N3O. The van der Waals surface area contributed by atoms with Crippen LogP contribution in [0.4, 0.5) is 0 Å². The minimum atomic E-state index is -0.610. The van der Waals surface area contributed by atoms with E-state index in [1.54, 1.807) is 0 Å². The third-order valence-electron chi connectivity index (χ3n) is 3.38. The molecule has 1 aromatic rings. The first-order chi connectivity index (χ1) is 7.02. The highest BCUT2D eigenvalue weighted by atomic mass is 16.3. The van der Waals surface area contributed by atoms with Gasteiger partial charge in [-0.1, -0.05) is 0 Å². The summed E-state index contributed by atoms with van der Waals surface area (Å²) in [6.07, 6.45) is 3.75. The first kappa shape index (κ1) is 10.6. The highest BCUT2D eigenvalue weighted by Crippen LogP contribution is 2.30. The summed E-state index contributed by atoms with van der Waals surface area (Å²) in [5, 5.41) is 10.0. The summed E-state index contributed by atoms with van der Waals surface area (Å²) in [7, 11) is 0. The monoisotopic (exact) mass is 209 g/mol. The van der Waals surface area contributed by atoms with Gasteiger partial charge in [-0.05, 0) is 32.6 Å². The molecule has 0 saturated heterocycles. The molecule has 15 heavy (non-hydrogen) atoms. The Labute approximate surface area is 90.1 Å². The Bertz CT molecular complexity index is 338. The molecule has 0 fully saturated rings. The standard InChI is InChI=1S/C11H19N3O/c1-11(2,15)8-3-4-14-7-13-9(6-12)10(14)5-8/h7-8,15H,3-6,12H2,1-2H3. The number of aryl methyl sites for hydroxylation is 1. The molecule has 2 rings (SSSR count). The molecule has 1 atom stereocenters. The minimum Gasteiger partial charge on any atom is -0.390 e. The Balaban J connectivity index is 2.25. The molecule has 2 heterocycles. The van der Waals surface area contributed by atoms with Gasteiger partial charge in [0.1, 0.15) is 0 Å². The fourth-order valence-electron chi connectivity index (χ4n) is 2.28. The molecule has 0 aliphatic carbocycles. The Morgan fingerprint density at radius 3 is 3.00 bits per heavy atom. The van der Waals surface area contributed by atoms with Crippen molar-refractivity contribution in [3.05, 3.63) is 17.7 Å². The summed E-state index contributed by atoms with van der Waals surface area (Å²) in [6.45, 7) is 5.19. The van der Waals surface area contributed by atoms with Crippen LogP contribution >= 0.6 is 0 Å². The second kappa shape index (κ2) is 3.61. The number of aromatic nitrogens is 2. The number of aliphatic hydroxyl groups is 1. The maximum absolute atomic E-state index is 10.0. The van der Waals surface area contributed by atoms with Crippen molar-refractivity contribution < 1.29 is 5.11 Å². The summed E-state index contributed by atoms with van der Waals surface area (Å²) < 4.78 is 2.16. The van der Waals surface area contributed by atoms with Crippen LogP contribution < -0.4 is 5.73 Å². The SMILES string of the molecule is CC(C)(O)C1CCn2cnc(CN)c2C1. The van der Waals surface area contributed by atoms with Crippen LogP contribution in [0, 0.1) is 5.92 Å². The van der Waals surface area contributed by atoms with Crippen molar-refractivity contribution in [2.24, 2.45) is 11.7 Å². The Morgan fingerprint density at radius 1 is 1.67 bits per heavy atom. The van der Waals surface area contributed by atoms with Gasteiger partial charge >= 0.3 is 0 Å². The molecule has 4 nitrogen and oxygen atoms in total. The van der Waals surface area contributed by atoms with Crippen molar-refractivity contribution in [2.45, 2.75) is 45.4 Å². The average molecular weight is 209 g/mol. The van der Waals surface area contributed by atoms with E-state index in [1.807, 2.05) is 20.2 Å². The lowest BCUT2D eigenvalue weighted by Gasteiger charge is -2.33. The zero-order chi connectivity index (χ0) is 11.1. The van der Waals surface area contributed by atoms with Gasteiger partial charge in [-0.3, -0.25) is 0 Å². The van der Waals surface area contributed by atoms with Crippen LogP contribution in [0.1, 0.15) is 31.7 Å². The lowest BCUT2D eigenvalue weighted by atomic mass is 9.82. The topological polar surface area (TPSA) is 64.1 Å². The van der Waals surface area contributed by atoms with E-state index in [2.05, 4.69) is 9.55 Å². The van der Waals surface area contributed by atoms with Crippen molar-refractivity contribution in [3.8, 4) is 0 Å². The van der Waals surface area contributed by atoms with Gasteiger partial charge in [-0.2, -0.15) is 0 Å². The average Bonchev–Trinajstić information content (AvgIpc) is 2.57. The first-order valence-electron chi connectivity index (χ1n) is 5.47. The first-order valence-corrected chi connectivity index (χ1v) is 5.47. The second-order valence-corrected chi connectivity index (χ2v) is 4.88. The second-order valence-electron chi connectivity index (χ2n) is 4.88. The molecule has 1 aliphatic rings. The molecular weight excluding hydrogens is 190 g/mol. The minimum absolute atomic E-state index is 0.312. The smallest absolute Gasteiger partial charge is 0.0952 e. The molecule has 0 aromatic carbocycles. The van der Waals surface area contributed by atoms with E-state index in [0.29, 0.717) is 12.5 Å². The maximum atomic E-state index is 10.0. The molecule has 1 aromatic heterocycles. The summed E-state index contributed by atoms with van der Waals surface area (Å²) >= 11 is 0. The Hall–Kier alpha value is -0.870. The molecule has 0 amide bonds. The molecule has 0 bridgehead atoms. The van der Waals surface area contributed by atoms with E-state index in [4.69, 9.17) is 5.73 Å². The van der Waals surface area contributed by atoms with Crippen molar-refractivity contribution in [1.29, 1.82) is 0 Å². The molecule has 4 heteroatoms. The van der Waals surface area contributed by atoms with E-state index in [-0.39, 0.29) is 0 Å². The van der Waals surface area contributed by atoms with E-state index >= 15 is 0 Å². The molecule has 3 N–H and O–H groups in total.